The summed E-state index contributed by atoms with van der Waals surface area (Å²) in [6.07, 6.45) is 6.21. The van der Waals surface area contributed by atoms with Gasteiger partial charge in [-0.1, -0.05) is 30.9 Å². The van der Waals surface area contributed by atoms with Crippen LogP contribution in [0.5, 0.6) is 0 Å². The molecule has 3 rings (SSSR count). The lowest BCUT2D eigenvalue weighted by molar-refractivity contribution is -0.121. The number of aromatic nitrogens is 2. The van der Waals surface area contributed by atoms with Crippen LogP contribution in [0.25, 0.3) is 10.9 Å². The molecule has 4 nitrogen and oxygen atoms in total. The van der Waals surface area contributed by atoms with Crippen LogP contribution in [0.2, 0.25) is 5.02 Å². The molecule has 5 heteroatoms. The lowest BCUT2D eigenvalue weighted by atomic mass is 9.95. The zero-order chi connectivity index (χ0) is 13.9. The molecular weight excluding hydrogens is 274 g/mol. The number of halogens is 1. The standard InChI is InChI=1S/C15H18ClN3O/c16-10-6-7-13-12(8-10)14(19-18-13)9-15(20)17-11-4-2-1-3-5-11/h6-8,11H,1-5,9H2,(H,17,20)(H,18,19). The van der Waals surface area contributed by atoms with Gasteiger partial charge in [-0.05, 0) is 31.0 Å². The van der Waals surface area contributed by atoms with Crippen molar-refractivity contribution in [3.63, 3.8) is 0 Å². The highest BCUT2D eigenvalue weighted by atomic mass is 35.5. The fourth-order valence-electron chi connectivity index (χ4n) is 2.85. The molecule has 1 saturated carbocycles. The summed E-state index contributed by atoms with van der Waals surface area (Å²) in [5.74, 6) is 0.0466. The van der Waals surface area contributed by atoms with Gasteiger partial charge in [0.25, 0.3) is 0 Å². The molecule has 0 spiro atoms. The Bertz CT molecular complexity index is 617. The molecule has 1 heterocycles. The number of rotatable bonds is 3. The summed E-state index contributed by atoms with van der Waals surface area (Å²) >= 11 is 6.00. The third kappa shape index (κ3) is 2.96. The summed E-state index contributed by atoms with van der Waals surface area (Å²) < 4.78 is 0. The summed E-state index contributed by atoms with van der Waals surface area (Å²) in [5.41, 5.74) is 1.67. The van der Waals surface area contributed by atoms with E-state index >= 15 is 0 Å². The van der Waals surface area contributed by atoms with Gasteiger partial charge in [-0.3, -0.25) is 9.89 Å². The minimum absolute atomic E-state index is 0.0466. The Hall–Kier alpha value is -1.55. The van der Waals surface area contributed by atoms with E-state index in [4.69, 9.17) is 11.6 Å². The molecule has 1 aromatic carbocycles. The van der Waals surface area contributed by atoms with Crippen molar-refractivity contribution in [3.8, 4) is 0 Å². The highest BCUT2D eigenvalue weighted by Gasteiger charge is 2.17. The van der Waals surface area contributed by atoms with Gasteiger partial charge in [0.1, 0.15) is 0 Å². The summed E-state index contributed by atoms with van der Waals surface area (Å²) in [6.45, 7) is 0. The van der Waals surface area contributed by atoms with E-state index < -0.39 is 0 Å². The molecule has 0 aliphatic heterocycles. The highest BCUT2D eigenvalue weighted by molar-refractivity contribution is 6.31. The van der Waals surface area contributed by atoms with Crippen LogP contribution < -0.4 is 5.32 Å². The number of hydrogen-bond acceptors (Lipinski definition) is 2. The molecule has 0 unspecified atom stereocenters. The maximum atomic E-state index is 12.1. The van der Waals surface area contributed by atoms with Gasteiger partial charge < -0.3 is 5.32 Å². The molecule has 0 bridgehead atoms. The number of H-pyrrole nitrogens is 1. The van der Waals surface area contributed by atoms with Gasteiger partial charge in [0, 0.05) is 16.5 Å². The van der Waals surface area contributed by atoms with Crippen molar-refractivity contribution in [2.24, 2.45) is 0 Å². The number of fused-ring (bicyclic) bond motifs is 1. The number of amides is 1. The zero-order valence-electron chi connectivity index (χ0n) is 11.3. The molecule has 1 fully saturated rings. The van der Waals surface area contributed by atoms with Crippen molar-refractivity contribution in [1.29, 1.82) is 0 Å². The molecule has 1 aliphatic carbocycles. The van der Waals surface area contributed by atoms with Gasteiger partial charge in [-0.15, -0.1) is 0 Å². The molecule has 2 aromatic rings. The van der Waals surface area contributed by atoms with Crippen molar-refractivity contribution in [2.45, 2.75) is 44.6 Å². The minimum atomic E-state index is 0.0466. The average Bonchev–Trinajstić information content (AvgIpc) is 2.82. The molecular formula is C15H18ClN3O. The molecule has 106 valence electrons. The van der Waals surface area contributed by atoms with Gasteiger partial charge in [0.2, 0.25) is 5.91 Å². The third-order valence-corrected chi connectivity index (χ3v) is 4.14. The Morgan fingerprint density at radius 3 is 2.95 bits per heavy atom. The SMILES string of the molecule is O=C(Cc1n[nH]c2ccc(Cl)cc12)NC1CCCCC1. The summed E-state index contributed by atoms with van der Waals surface area (Å²) in [5, 5.41) is 11.9. The van der Waals surface area contributed by atoms with Crippen LogP contribution in [0.15, 0.2) is 18.2 Å². The van der Waals surface area contributed by atoms with E-state index in [2.05, 4.69) is 15.5 Å². The lowest BCUT2D eigenvalue weighted by Crippen LogP contribution is -2.37. The normalized spacial score (nSPS) is 16.4. The monoisotopic (exact) mass is 291 g/mol. The second-order valence-corrected chi connectivity index (χ2v) is 5.88. The molecule has 20 heavy (non-hydrogen) atoms. The van der Waals surface area contributed by atoms with Crippen LogP contribution in [0, 0.1) is 0 Å². The number of carbonyl (C=O) groups excluding carboxylic acids is 1. The van der Waals surface area contributed by atoms with Crippen molar-refractivity contribution >= 4 is 28.4 Å². The molecule has 1 amide bonds. The predicted octanol–water partition coefficient (Wildman–Crippen LogP) is 3.21. The quantitative estimate of drug-likeness (QED) is 0.912. The van der Waals surface area contributed by atoms with E-state index in [1.807, 2.05) is 18.2 Å². The molecule has 0 saturated heterocycles. The topological polar surface area (TPSA) is 57.8 Å². The maximum absolute atomic E-state index is 12.1. The van der Waals surface area contributed by atoms with Crippen molar-refractivity contribution in [3.05, 3.63) is 28.9 Å². The second-order valence-electron chi connectivity index (χ2n) is 5.44. The van der Waals surface area contributed by atoms with Crippen molar-refractivity contribution in [2.75, 3.05) is 0 Å². The highest BCUT2D eigenvalue weighted by Crippen LogP contribution is 2.21. The predicted molar refractivity (Wildman–Crippen MR) is 79.8 cm³/mol. The Morgan fingerprint density at radius 2 is 2.15 bits per heavy atom. The van der Waals surface area contributed by atoms with Crippen LogP contribution in [-0.4, -0.2) is 22.1 Å². The molecule has 0 radical (unpaired) electrons. The molecule has 0 atom stereocenters. The van der Waals surface area contributed by atoms with E-state index in [-0.39, 0.29) is 5.91 Å². The second kappa shape index (κ2) is 5.83. The number of nitrogens with one attached hydrogen (secondary N) is 2. The van der Waals surface area contributed by atoms with Gasteiger partial charge in [-0.2, -0.15) is 5.10 Å². The number of benzene rings is 1. The Kier molecular flexibility index (Phi) is 3.92. The van der Waals surface area contributed by atoms with Crippen LogP contribution in [-0.2, 0) is 11.2 Å². The minimum Gasteiger partial charge on any atom is -0.353 e. The van der Waals surface area contributed by atoms with Crippen LogP contribution in [0.4, 0.5) is 0 Å². The van der Waals surface area contributed by atoms with Gasteiger partial charge in [0.15, 0.2) is 0 Å². The largest absolute Gasteiger partial charge is 0.353 e. The van der Waals surface area contributed by atoms with Crippen LogP contribution >= 0.6 is 11.6 Å². The van der Waals surface area contributed by atoms with Crippen LogP contribution in [0.3, 0.4) is 0 Å². The zero-order valence-corrected chi connectivity index (χ0v) is 12.0. The average molecular weight is 292 g/mol. The Labute approximate surface area is 122 Å². The van der Waals surface area contributed by atoms with Gasteiger partial charge in [-0.25, -0.2) is 0 Å². The van der Waals surface area contributed by atoms with Gasteiger partial charge in [0.05, 0.1) is 17.6 Å². The molecule has 1 aliphatic rings. The first-order valence-corrected chi connectivity index (χ1v) is 7.52. The number of aromatic amines is 1. The first-order valence-electron chi connectivity index (χ1n) is 7.14. The van der Waals surface area contributed by atoms with E-state index in [1.54, 1.807) is 0 Å². The molecule has 1 aromatic heterocycles. The molecule has 2 N–H and O–H groups in total. The van der Waals surface area contributed by atoms with Crippen LogP contribution in [0.1, 0.15) is 37.8 Å². The first-order chi connectivity index (χ1) is 9.72. The Morgan fingerprint density at radius 1 is 1.35 bits per heavy atom. The fourth-order valence-corrected chi connectivity index (χ4v) is 3.03. The first kappa shape index (κ1) is 13.4. The van der Waals surface area contributed by atoms with Gasteiger partial charge >= 0.3 is 0 Å². The van der Waals surface area contributed by atoms with Crippen molar-refractivity contribution in [1.82, 2.24) is 15.5 Å². The third-order valence-electron chi connectivity index (χ3n) is 3.90. The van der Waals surface area contributed by atoms with E-state index in [0.29, 0.717) is 17.5 Å². The number of hydrogen-bond donors (Lipinski definition) is 2. The summed E-state index contributed by atoms with van der Waals surface area (Å²) in [6, 6.07) is 5.88. The maximum Gasteiger partial charge on any atom is 0.226 e. The van der Waals surface area contributed by atoms with E-state index in [0.717, 1.165) is 29.4 Å². The van der Waals surface area contributed by atoms with Crippen molar-refractivity contribution < 1.29 is 4.79 Å². The summed E-state index contributed by atoms with van der Waals surface area (Å²) in [7, 11) is 0. The van der Waals surface area contributed by atoms with E-state index in [1.165, 1.54) is 19.3 Å². The Balaban J connectivity index is 1.69. The summed E-state index contributed by atoms with van der Waals surface area (Å²) in [4.78, 5) is 12.1. The lowest BCUT2D eigenvalue weighted by Gasteiger charge is -2.22. The smallest absolute Gasteiger partial charge is 0.226 e. The van der Waals surface area contributed by atoms with E-state index in [9.17, 15) is 4.79 Å². The fraction of sp³-hybridized carbons (Fsp3) is 0.467. The number of carbonyl (C=O) groups is 1. The number of nitrogens with zero attached hydrogens (tertiary/aromatic N) is 1.